The lowest BCUT2D eigenvalue weighted by molar-refractivity contribution is 0.983. The summed E-state index contributed by atoms with van der Waals surface area (Å²) in [5.41, 5.74) is -0.501. The molecule has 0 radical (unpaired) electrons. The average Bonchev–Trinajstić information content (AvgIpc) is 2.60. The van der Waals surface area contributed by atoms with Crippen molar-refractivity contribution in [3.05, 3.63) is 27.2 Å². The van der Waals surface area contributed by atoms with E-state index in [2.05, 4.69) is 25.0 Å². The molecular weight excluding hydrogens is 188 g/mol. The van der Waals surface area contributed by atoms with Gasteiger partial charge >= 0.3 is 5.69 Å². The maximum Gasteiger partial charge on any atom is 0.327 e. The second-order valence-electron chi connectivity index (χ2n) is 2.75. The van der Waals surface area contributed by atoms with Gasteiger partial charge < -0.3 is 4.98 Å². The molecule has 70 valence electrons. The van der Waals surface area contributed by atoms with E-state index < -0.39 is 11.2 Å². The van der Waals surface area contributed by atoms with Gasteiger partial charge in [0.2, 0.25) is 5.78 Å². The third kappa shape index (κ3) is 0.715. The minimum atomic E-state index is -0.563. The minimum absolute atomic E-state index is 0.247. The largest absolute Gasteiger partial charge is 0.327 e. The van der Waals surface area contributed by atoms with Crippen LogP contribution in [0.5, 0.6) is 0 Å². The van der Waals surface area contributed by atoms with E-state index in [1.54, 1.807) is 0 Å². The monoisotopic (exact) mass is 192 g/mol. The predicted molar refractivity (Wildman–Crippen MR) is 46.1 cm³/mol. The fraction of sp³-hybridized carbons (Fsp3) is 0. The highest BCUT2D eigenvalue weighted by Gasteiger charge is 2.09. The average molecular weight is 192 g/mol. The van der Waals surface area contributed by atoms with Crippen molar-refractivity contribution < 1.29 is 0 Å². The number of rotatable bonds is 0. The van der Waals surface area contributed by atoms with Crippen LogP contribution < -0.4 is 11.2 Å². The summed E-state index contributed by atoms with van der Waals surface area (Å²) >= 11 is 0. The highest BCUT2D eigenvalue weighted by atomic mass is 16.2. The summed E-state index contributed by atoms with van der Waals surface area (Å²) in [6.07, 6.45) is 1.32. The van der Waals surface area contributed by atoms with Crippen molar-refractivity contribution in [1.29, 1.82) is 0 Å². The van der Waals surface area contributed by atoms with Crippen molar-refractivity contribution >= 4 is 16.9 Å². The summed E-state index contributed by atoms with van der Waals surface area (Å²) < 4.78 is 1.32. The van der Waals surface area contributed by atoms with Crippen molar-refractivity contribution in [3.8, 4) is 0 Å². The van der Waals surface area contributed by atoms with Gasteiger partial charge in [-0.3, -0.25) is 14.8 Å². The molecule has 0 bridgehead atoms. The Labute approximate surface area is 74.6 Å². The molecule has 0 saturated carbocycles. The summed E-state index contributed by atoms with van der Waals surface area (Å²) in [5.74, 6) is 0.410. The molecule has 0 aromatic carbocycles. The molecular formula is C6H4N6O2. The number of H-pyrrole nitrogens is 3. The summed E-state index contributed by atoms with van der Waals surface area (Å²) in [5, 5.41) is 3.83. The first-order valence-electron chi connectivity index (χ1n) is 3.80. The van der Waals surface area contributed by atoms with Gasteiger partial charge in [0.1, 0.15) is 12.0 Å². The minimum Gasteiger partial charge on any atom is -0.308 e. The van der Waals surface area contributed by atoms with E-state index in [1.807, 2.05) is 0 Å². The van der Waals surface area contributed by atoms with Gasteiger partial charge in [-0.25, -0.2) is 4.79 Å². The zero-order chi connectivity index (χ0) is 9.71. The Kier molecular flexibility index (Phi) is 1.06. The third-order valence-electron chi connectivity index (χ3n) is 1.91. The number of nitrogens with one attached hydrogen (secondary N) is 3. The number of imidazole rings is 1. The Morgan fingerprint density at radius 3 is 2.93 bits per heavy atom. The molecule has 0 aliphatic heterocycles. The van der Waals surface area contributed by atoms with Crippen LogP contribution in [0.1, 0.15) is 0 Å². The van der Waals surface area contributed by atoms with Crippen LogP contribution >= 0.6 is 0 Å². The molecule has 3 aromatic rings. The van der Waals surface area contributed by atoms with Crippen LogP contribution in [0.4, 0.5) is 0 Å². The first kappa shape index (κ1) is 7.06. The zero-order valence-electron chi connectivity index (χ0n) is 6.74. The van der Waals surface area contributed by atoms with Gasteiger partial charge in [-0.15, -0.1) is 0 Å². The highest BCUT2D eigenvalue weighted by molar-refractivity contribution is 5.73. The van der Waals surface area contributed by atoms with Gasteiger partial charge in [0, 0.05) is 0 Å². The maximum absolute atomic E-state index is 11.4. The van der Waals surface area contributed by atoms with Gasteiger partial charge in [0.15, 0.2) is 5.52 Å². The number of fused-ring (bicyclic) bond motifs is 3. The SMILES string of the molecule is O=c1[nH]c(=O)c2c([nH]1)[nH]c1ncnn12. The lowest BCUT2D eigenvalue weighted by Gasteiger charge is -1.86. The van der Waals surface area contributed by atoms with Gasteiger partial charge in [-0.1, -0.05) is 0 Å². The molecule has 0 amide bonds. The quantitative estimate of drug-likeness (QED) is 0.406. The molecule has 0 atom stereocenters. The predicted octanol–water partition coefficient (Wildman–Crippen LogP) is -1.41. The normalized spacial score (nSPS) is 11.4. The smallest absolute Gasteiger partial charge is 0.308 e. The van der Waals surface area contributed by atoms with E-state index >= 15 is 0 Å². The Balaban J connectivity index is 2.76. The molecule has 3 aromatic heterocycles. The van der Waals surface area contributed by atoms with Crippen molar-refractivity contribution in [2.45, 2.75) is 0 Å². The van der Waals surface area contributed by atoms with Gasteiger partial charge in [0.25, 0.3) is 5.56 Å². The maximum atomic E-state index is 11.4. The highest BCUT2D eigenvalue weighted by Crippen LogP contribution is 2.04. The van der Waals surface area contributed by atoms with Crippen molar-refractivity contribution in [2.75, 3.05) is 0 Å². The van der Waals surface area contributed by atoms with Gasteiger partial charge in [-0.05, 0) is 0 Å². The van der Waals surface area contributed by atoms with E-state index in [0.717, 1.165) is 0 Å². The fourth-order valence-electron chi connectivity index (χ4n) is 1.37. The van der Waals surface area contributed by atoms with Crippen LogP contribution in [0.25, 0.3) is 16.9 Å². The van der Waals surface area contributed by atoms with Gasteiger partial charge in [-0.2, -0.15) is 14.6 Å². The first-order valence-corrected chi connectivity index (χ1v) is 3.80. The topological polar surface area (TPSA) is 112 Å². The summed E-state index contributed by atoms with van der Waals surface area (Å²) in [6, 6.07) is 0. The van der Waals surface area contributed by atoms with Crippen LogP contribution in [0.2, 0.25) is 0 Å². The molecule has 0 aliphatic rings. The molecule has 14 heavy (non-hydrogen) atoms. The third-order valence-corrected chi connectivity index (χ3v) is 1.91. The zero-order valence-corrected chi connectivity index (χ0v) is 6.74. The number of aromatic nitrogens is 6. The Hall–Kier alpha value is -2.38. The van der Waals surface area contributed by atoms with Crippen molar-refractivity contribution in [2.24, 2.45) is 0 Å². The summed E-state index contributed by atoms with van der Waals surface area (Å²) in [4.78, 5) is 33.5. The standard InChI is InChI=1S/C6H4N6O2/c13-4-2-3(10-6(14)11-4)9-5-7-1-8-12(2)5/h1H,(H3,7,8,9,10,11,13,14). The van der Waals surface area contributed by atoms with Crippen LogP contribution in [0.15, 0.2) is 15.9 Å². The van der Waals surface area contributed by atoms with E-state index in [0.29, 0.717) is 11.4 Å². The molecule has 3 rings (SSSR count). The number of hydrogen-bond acceptors (Lipinski definition) is 4. The number of nitrogens with zero attached hydrogens (tertiary/aromatic N) is 3. The summed E-state index contributed by atoms with van der Waals surface area (Å²) in [6.45, 7) is 0. The summed E-state index contributed by atoms with van der Waals surface area (Å²) in [7, 11) is 0. The molecule has 0 unspecified atom stereocenters. The van der Waals surface area contributed by atoms with E-state index in [-0.39, 0.29) is 5.52 Å². The number of aromatic amines is 3. The molecule has 3 heterocycles. The molecule has 3 N–H and O–H groups in total. The molecule has 0 aliphatic carbocycles. The molecule has 0 fully saturated rings. The first-order chi connectivity index (χ1) is 6.75. The fourth-order valence-corrected chi connectivity index (χ4v) is 1.37. The van der Waals surface area contributed by atoms with Crippen molar-refractivity contribution in [1.82, 2.24) is 29.5 Å². The second-order valence-corrected chi connectivity index (χ2v) is 2.75. The van der Waals surface area contributed by atoms with Crippen LogP contribution in [-0.2, 0) is 0 Å². The Morgan fingerprint density at radius 1 is 1.21 bits per heavy atom. The molecule has 8 nitrogen and oxygen atoms in total. The van der Waals surface area contributed by atoms with Crippen LogP contribution in [-0.4, -0.2) is 29.5 Å². The second kappa shape index (κ2) is 2.10. The van der Waals surface area contributed by atoms with Gasteiger partial charge in [0.05, 0.1) is 0 Å². The Morgan fingerprint density at radius 2 is 2.07 bits per heavy atom. The van der Waals surface area contributed by atoms with E-state index in [1.165, 1.54) is 10.8 Å². The molecule has 0 spiro atoms. The van der Waals surface area contributed by atoms with E-state index in [4.69, 9.17) is 0 Å². The number of hydrogen-bond donors (Lipinski definition) is 3. The Bertz CT molecular complexity index is 728. The lowest BCUT2D eigenvalue weighted by atomic mass is 10.5. The molecule has 0 saturated heterocycles. The van der Waals surface area contributed by atoms with Crippen molar-refractivity contribution in [3.63, 3.8) is 0 Å². The van der Waals surface area contributed by atoms with Crippen LogP contribution in [0, 0.1) is 0 Å². The van der Waals surface area contributed by atoms with E-state index in [9.17, 15) is 9.59 Å². The molecule has 8 heteroatoms. The lowest BCUT2D eigenvalue weighted by Crippen LogP contribution is -2.22. The van der Waals surface area contributed by atoms with Crippen LogP contribution in [0.3, 0.4) is 0 Å².